The number of fused-ring (bicyclic) bond motifs is 1. The number of likely N-dealkylation sites (N-methyl/N-ethyl adjacent to an activating group) is 1. The lowest BCUT2D eigenvalue weighted by Crippen LogP contribution is -2.81. The van der Waals surface area contributed by atoms with E-state index >= 15 is 0 Å². The van der Waals surface area contributed by atoms with Gasteiger partial charge in [-0.15, -0.1) is 0 Å². The lowest BCUT2D eigenvalue weighted by atomic mass is 10.1. The minimum Gasteiger partial charge on any atom is -0.360 e. The van der Waals surface area contributed by atoms with Crippen LogP contribution in [0.25, 0.3) is 10.9 Å². The van der Waals surface area contributed by atoms with Crippen molar-refractivity contribution in [3.63, 3.8) is 0 Å². The summed E-state index contributed by atoms with van der Waals surface area (Å²) in [4.78, 5) is 14.8. The molecule has 0 atom stereocenters. The number of benzene rings is 1. The largest absolute Gasteiger partial charge is 0.360 e. The summed E-state index contributed by atoms with van der Waals surface area (Å²) in [5.74, 6) is 0.171. The van der Waals surface area contributed by atoms with E-state index in [0.717, 1.165) is 16.5 Å². The molecule has 0 aliphatic carbocycles. The van der Waals surface area contributed by atoms with E-state index < -0.39 is 0 Å². The molecule has 1 aromatic carbocycles. The first-order chi connectivity index (χ1) is 6.83. The molecule has 1 heterocycles. The van der Waals surface area contributed by atoms with Gasteiger partial charge in [0.15, 0.2) is 0 Å². The van der Waals surface area contributed by atoms with Crippen molar-refractivity contribution >= 4 is 16.7 Å². The first kappa shape index (κ1) is 8.97. The number of carbonyl (C=O) groups excluding carboxylic acids is 1. The molecule has 0 aliphatic heterocycles. The number of aromatic nitrogens is 1. The molecule has 1 aromatic heterocycles. The number of nitrogens with two attached hydrogens (primary N) is 1. The Bertz CT molecular complexity index is 459. The summed E-state index contributed by atoms with van der Waals surface area (Å²) >= 11 is 0. The van der Waals surface area contributed by atoms with Gasteiger partial charge < -0.3 is 10.3 Å². The fourth-order valence-corrected chi connectivity index (χ4v) is 1.60. The van der Waals surface area contributed by atoms with Gasteiger partial charge in [-0.25, -0.2) is 0 Å². The van der Waals surface area contributed by atoms with Crippen molar-refractivity contribution in [2.24, 2.45) is 0 Å². The van der Waals surface area contributed by atoms with E-state index in [1.54, 1.807) is 6.20 Å². The molecule has 3 nitrogen and oxygen atoms in total. The van der Waals surface area contributed by atoms with Crippen LogP contribution in [-0.2, 0) is 0 Å². The molecule has 3 heteroatoms. The van der Waals surface area contributed by atoms with Gasteiger partial charge >= 0.3 is 0 Å². The molecule has 72 valence electrons. The number of rotatable bonds is 3. The van der Waals surface area contributed by atoms with Gasteiger partial charge in [-0.3, -0.25) is 4.79 Å². The zero-order valence-corrected chi connectivity index (χ0v) is 8.08. The maximum Gasteiger partial charge on any atom is 0.218 e. The van der Waals surface area contributed by atoms with E-state index in [2.05, 4.69) is 4.98 Å². The number of Topliss-reactive ketones (excluding diaryl/α,β-unsaturated/α-hetero) is 1. The third kappa shape index (κ3) is 1.42. The molecular weight excluding hydrogens is 176 g/mol. The van der Waals surface area contributed by atoms with Gasteiger partial charge in [0.25, 0.3) is 0 Å². The second-order valence-electron chi connectivity index (χ2n) is 3.28. The summed E-state index contributed by atoms with van der Waals surface area (Å²) in [6, 6.07) is 7.85. The monoisotopic (exact) mass is 189 g/mol. The van der Waals surface area contributed by atoms with Crippen LogP contribution in [0.5, 0.6) is 0 Å². The van der Waals surface area contributed by atoms with Crippen LogP contribution in [0.4, 0.5) is 0 Å². The normalized spacial score (nSPS) is 10.6. The lowest BCUT2D eigenvalue weighted by Gasteiger charge is -1.95. The summed E-state index contributed by atoms with van der Waals surface area (Å²) in [5.41, 5.74) is 1.81. The maximum atomic E-state index is 11.7. The summed E-state index contributed by atoms with van der Waals surface area (Å²) in [6.45, 7) is 0.502. The zero-order valence-electron chi connectivity index (χ0n) is 8.08. The molecule has 0 radical (unpaired) electrons. The number of para-hydroxylation sites is 1. The van der Waals surface area contributed by atoms with Crippen LogP contribution in [0.3, 0.4) is 0 Å². The molecule has 0 spiro atoms. The highest BCUT2D eigenvalue weighted by atomic mass is 16.1. The minimum atomic E-state index is 0.171. The highest BCUT2D eigenvalue weighted by Gasteiger charge is 2.11. The van der Waals surface area contributed by atoms with Crippen molar-refractivity contribution < 1.29 is 10.1 Å². The van der Waals surface area contributed by atoms with Crippen molar-refractivity contribution in [2.75, 3.05) is 13.6 Å². The third-order valence-corrected chi connectivity index (χ3v) is 2.28. The average Bonchev–Trinajstić information content (AvgIpc) is 2.61. The number of H-pyrrole nitrogens is 1. The molecule has 0 saturated heterocycles. The van der Waals surface area contributed by atoms with Gasteiger partial charge in [0, 0.05) is 22.7 Å². The van der Waals surface area contributed by atoms with Crippen LogP contribution >= 0.6 is 0 Å². The molecule has 2 rings (SSSR count). The van der Waals surface area contributed by atoms with Crippen molar-refractivity contribution in [3.05, 3.63) is 36.0 Å². The Morgan fingerprint density at radius 2 is 2.21 bits per heavy atom. The number of aromatic amines is 1. The van der Waals surface area contributed by atoms with Gasteiger partial charge in [-0.2, -0.15) is 0 Å². The fraction of sp³-hybridized carbons (Fsp3) is 0.182. The first-order valence-corrected chi connectivity index (χ1v) is 4.70. The Kier molecular flexibility index (Phi) is 2.33. The quantitative estimate of drug-likeness (QED) is 0.680. The van der Waals surface area contributed by atoms with Gasteiger partial charge in [0.05, 0.1) is 7.05 Å². The third-order valence-electron chi connectivity index (χ3n) is 2.28. The van der Waals surface area contributed by atoms with Crippen molar-refractivity contribution in [1.29, 1.82) is 0 Å². The Morgan fingerprint density at radius 1 is 1.43 bits per heavy atom. The lowest BCUT2D eigenvalue weighted by molar-refractivity contribution is -0.614. The molecule has 0 aliphatic rings. The predicted molar refractivity (Wildman–Crippen MR) is 55.3 cm³/mol. The Labute approximate surface area is 82.1 Å². The van der Waals surface area contributed by atoms with Gasteiger partial charge in [-0.1, -0.05) is 18.2 Å². The number of hydrogen-bond acceptors (Lipinski definition) is 1. The maximum absolute atomic E-state index is 11.7. The smallest absolute Gasteiger partial charge is 0.218 e. The summed E-state index contributed by atoms with van der Waals surface area (Å²) in [7, 11) is 1.90. The molecule has 0 fully saturated rings. The van der Waals surface area contributed by atoms with Crippen LogP contribution < -0.4 is 5.32 Å². The van der Waals surface area contributed by atoms with E-state index in [4.69, 9.17) is 0 Å². The first-order valence-electron chi connectivity index (χ1n) is 4.70. The molecular formula is C11H13N2O+. The molecule has 0 amide bonds. The van der Waals surface area contributed by atoms with Crippen molar-refractivity contribution in [1.82, 2.24) is 4.98 Å². The van der Waals surface area contributed by atoms with Crippen molar-refractivity contribution in [2.45, 2.75) is 0 Å². The van der Waals surface area contributed by atoms with Crippen molar-refractivity contribution in [3.8, 4) is 0 Å². The summed E-state index contributed by atoms with van der Waals surface area (Å²) < 4.78 is 0. The van der Waals surface area contributed by atoms with E-state index in [1.165, 1.54) is 0 Å². The number of quaternary nitrogens is 1. The van der Waals surface area contributed by atoms with E-state index in [1.807, 2.05) is 36.6 Å². The van der Waals surface area contributed by atoms with Crippen LogP contribution in [0.1, 0.15) is 10.4 Å². The highest BCUT2D eigenvalue weighted by molar-refractivity contribution is 6.08. The van der Waals surface area contributed by atoms with Gasteiger partial charge in [-0.05, 0) is 6.07 Å². The summed E-state index contributed by atoms with van der Waals surface area (Å²) in [6.07, 6.45) is 1.79. The van der Waals surface area contributed by atoms with Crippen LogP contribution in [0.2, 0.25) is 0 Å². The fourth-order valence-electron chi connectivity index (χ4n) is 1.60. The van der Waals surface area contributed by atoms with E-state index in [-0.39, 0.29) is 5.78 Å². The van der Waals surface area contributed by atoms with E-state index in [0.29, 0.717) is 6.54 Å². The average molecular weight is 189 g/mol. The van der Waals surface area contributed by atoms with Gasteiger partial charge in [0.2, 0.25) is 5.78 Å². The van der Waals surface area contributed by atoms with Crippen LogP contribution in [-0.4, -0.2) is 24.4 Å². The minimum absolute atomic E-state index is 0.171. The SMILES string of the molecule is C[NH2+]CC(=O)c1c[nH]c2ccccc12. The Hall–Kier alpha value is -1.61. The van der Waals surface area contributed by atoms with Gasteiger partial charge in [0.1, 0.15) is 6.54 Å². The molecule has 2 aromatic rings. The number of carbonyl (C=O) groups is 1. The topological polar surface area (TPSA) is 49.5 Å². The highest BCUT2D eigenvalue weighted by Crippen LogP contribution is 2.17. The van der Waals surface area contributed by atoms with Crippen LogP contribution in [0, 0.1) is 0 Å². The predicted octanol–water partition coefficient (Wildman–Crippen LogP) is 0.544. The van der Waals surface area contributed by atoms with E-state index in [9.17, 15) is 4.79 Å². The Balaban J connectivity index is 2.47. The van der Waals surface area contributed by atoms with Crippen LogP contribution in [0.15, 0.2) is 30.5 Å². The second-order valence-corrected chi connectivity index (χ2v) is 3.28. The molecule has 0 bridgehead atoms. The molecule has 0 unspecified atom stereocenters. The Morgan fingerprint density at radius 3 is 3.00 bits per heavy atom. The second kappa shape index (κ2) is 3.64. The molecule has 0 saturated carbocycles. The zero-order chi connectivity index (χ0) is 9.97. The molecule has 3 N–H and O–H groups in total. The summed E-state index contributed by atoms with van der Waals surface area (Å²) in [5, 5.41) is 2.89. The molecule has 14 heavy (non-hydrogen) atoms. The number of ketones is 1. The standard InChI is InChI=1S/C11H12N2O/c1-12-7-11(14)9-6-13-10-5-3-2-4-8(9)10/h2-6,12-13H,7H2,1H3/p+1. The number of hydrogen-bond donors (Lipinski definition) is 2. The number of nitrogens with one attached hydrogen (secondary N) is 1.